The van der Waals surface area contributed by atoms with Crippen LogP contribution in [0.15, 0.2) is 0 Å². The molecule has 1 heterocycles. The standard InChI is InChI=1S/C11H22N2O.ClH/c1-8(2)11(3,4)13-10(14)9-5-6-12-7-9;/h8-9,12H,5-7H2,1-4H3,(H,13,14);1H/t9-;/m0./s1. The number of carbonyl (C=O) groups excluding carboxylic acids is 1. The molecule has 1 aliphatic heterocycles. The molecule has 0 aliphatic carbocycles. The van der Waals surface area contributed by atoms with E-state index in [-0.39, 0.29) is 29.8 Å². The van der Waals surface area contributed by atoms with Crippen LogP contribution in [-0.2, 0) is 4.79 Å². The first-order chi connectivity index (χ1) is 6.43. The Morgan fingerprint density at radius 2 is 2.07 bits per heavy atom. The molecule has 0 aromatic carbocycles. The maximum Gasteiger partial charge on any atom is 0.224 e. The lowest BCUT2D eigenvalue weighted by atomic mass is 9.90. The van der Waals surface area contributed by atoms with Gasteiger partial charge in [-0.1, -0.05) is 13.8 Å². The van der Waals surface area contributed by atoms with Crippen molar-refractivity contribution in [3.8, 4) is 0 Å². The van der Waals surface area contributed by atoms with Gasteiger partial charge in [0.25, 0.3) is 0 Å². The summed E-state index contributed by atoms with van der Waals surface area (Å²) in [5, 5.41) is 6.33. The Kier molecular flexibility index (Phi) is 5.60. The first-order valence-corrected chi connectivity index (χ1v) is 5.46. The molecule has 0 saturated carbocycles. The average Bonchev–Trinajstić information content (AvgIpc) is 2.54. The van der Waals surface area contributed by atoms with Gasteiger partial charge in [0.15, 0.2) is 0 Å². The Morgan fingerprint density at radius 3 is 2.47 bits per heavy atom. The van der Waals surface area contributed by atoms with Gasteiger partial charge in [0.1, 0.15) is 0 Å². The fourth-order valence-corrected chi connectivity index (χ4v) is 1.44. The van der Waals surface area contributed by atoms with E-state index in [0.29, 0.717) is 5.92 Å². The third-order valence-corrected chi connectivity index (χ3v) is 3.32. The molecular formula is C11H23ClN2O. The predicted octanol–water partition coefficient (Wildman–Crippen LogP) is 1.57. The Hall–Kier alpha value is -0.280. The Morgan fingerprint density at radius 1 is 1.47 bits per heavy atom. The minimum Gasteiger partial charge on any atom is -0.351 e. The Labute approximate surface area is 98.8 Å². The molecule has 0 spiro atoms. The highest BCUT2D eigenvalue weighted by atomic mass is 35.5. The molecule has 1 saturated heterocycles. The van der Waals surface area contributed by atoms with Crippen LogP contribution in [0.25, 0.3) is 0 Å². The van der Waals surface area contributed by atoms with E-state index in [4.69, 9.17) is 0 Å². The van der Waals surface area contributed by atoms with Crippen molar-refractivity contribution in [3.63, 3.8) is 0 Å². The normalized spacial score (nSPS) is 21.3. The summed E-state index contributed by atoms with van der Waals surface area (Å²) in [4.78, 5) is 11.8. The molecule has 2 N–H and O–H groups in total. The second-order valence-corrected chi connectivity index (χ2v) is 5.06. The van der Waals surface area contributed by atoms with Crippen LogP contribution in [0, 0.1) is 11.8 Å². The topological polar surface area (TPSA) is 41.1 Å². The zero-order valence-electron chi connectivity index (χ0n) is 10.1. The molecule has 0 aromatic heterocycles. The smallest absolute Gasteiger partial charge is 0.224 e. The largest absolute Gasteiger partial charge is 0.351 e. The van der Waals surface area contributed by atoms with Crippen LogP contribution in [-0.4, -0.2) is 24.5 Å². The molecule has 15 heavy (non-hydrogen) atoms. The van der Waals surface area contributed by atoms with Gasteiger partial charge in [-0.2, -0.15) is 0 Å². The number of halogens is 1. The van der Waals surface area contributed by atoms with E-state index in [2.05, 4.69) is 38.3 Å². The number of nitrogens with one attached hydrogen (secondary N) is 2. The Bertz CT molecular complexity index is 211. The third-order valence-electron chi connectivity index (χ3n) is 3.32. The summed E-state index contributed by atoms with van der Waals surface area (Å²) in [6, 6.07) is 0. The average molecular weight is 235 g/mol. The highest BCUT2D eigenvalue weighted by molar-refractivity contribution is 5.85. The summed E-state index contributed by atoms with van der Waals surface area (Å²) in [5.74, 6) is 0.836. The van der Waals surface area contributed by atoms with Crippen LogP contribution in [0.2, 0.25) is 0 Å². The molecule has 0 aromatic rings. The molecule has 0 unspecified atom stereocenters. The molecule has 0 bridgehead atoms. The summed E-state index contributed by atoms with van der Waals surface area (Å²) < 4.78 is 0. The molecule has 1 atom stereocenters. The minimum atomic E-state index is -0.0975. The summed E-state index contributed by atoms with van der Waals surface area (Å²) in [5.41, 5.74) is -0.0975. The van der Waals surface area contributed by atoms with Gasteiger partial charge in [-0.05, 0) is 32.7 Å². The van der Waals surface area contributed by atoms with Crippen LogP contribution >= 0.6 is 12.4 Å². The molecule has 0 radical (unpaired) electrons. The molecule has 1 amide bonds. The van der Waals surface area contributed by atoms with Crippen LogP contribution in [0.5, 0.6) is 0 Å². The number of hydrogen-bond acceptors (Lipinski definition) is 2. The zero-order valence-corrected chi connectivity index (χ0v) is 10.9. The maximum absolute atomic E-state index is 11.8. The van der Waals surface area contributed by atoms with E-state index in [0.717, 1.165) is 19.5 Å². The van der Waals surface area contributed by atoms with Crippen molar-refractivity contribution in [2.45, 2.75) is 39.7 Å². The number of amides is 1. The third kappa shape index (κ3) is 3.99. The van der Waals surface area contributed by atoms with Crippen molar-refractivity contribution in [1.29, 1.82) is 0 Å². The first-order valence-electron chi connectivity index (χ1n) is 5.46. The summed E-state index contributed by atoms with van der Waals surface area (Å²) in [7, 11) is 0. The van der Waals surface area contributed by atoms with Gasteiger partial charge in [0.05, 0.1) is 5.92 Å². The monoisotopic (exact) mass is 234 g/mol. The maximum atomic E-state index is 11.8. The minimum absolute atomic E-state index is 0. The zero-order chi connectivity index (χ0) is 10.8. The molecule has 3 nitrogen and oxygen atoms in total. The van der Waals surface area contributed by atoms with Gasteiger partial charge in [-0.15, -0.1) is 12.4 Å². The first kappa shape index (κ1) is 14.7. The van der Waals surface area contributed by atoms with Crippen molar-refractivity contribution in [3.05, 3.63) is 0 Å². The van der Waals surface area contributed by atoms with E-state index < -0.39 is 0 Å². The van der Waals surface area contributed by atoms with Gasteiger partial charge in [0.2, 0.25) is 5.91 Å². The summed E-state index contributed by atoms with van der Waals surface area (Å²) in [6.07, 6.45) is 0.972. The van der Waals surface area contributed by atoms with E-state index in [9.17, 15) is 4.79 Å². The number of carbonyl (C=O) groups is 1. The van der Waals surface area contributed by atoms with Crippen LogP contribution in [0.1, 0.15) is 34.1 Å². The van der Waals surface area contributed by atoms with E-state index in [1.807, 2.05) is 0 Å². The van der Waals surface area contributed by atoms with Crippen molar-refractivity contribution in [2.24, 2.45) is 11.8 Å². The highest BCUT2D eigenvalue weighted by Gasteiger charge is 2.29. The van der Waals surface area contributed by atoms with Gasteiger partial charge >= 0.3 is 0 Å². The fraction of sp³-hybridized carbons (Fsp3) is 0.909. The molecule has 4 heteroatoms. The second-order valence-electron chi connectivity index (χ2n) is 5.06. The van der Waals surface area contributed by atoms with Gasteiger partial charge in [0, 0.05) is 12.1 Å². The summed E-state index contributed by atoms with van der Waals surface area (Å²) >= 11 is 0. The second kappa shape index (κ2) is 5.71. The number of hydrogen-bond donors (Lipinski definition) is 2. The van der Waals surface area contributed by atoms with Crippen molar-refractivity contribution < 1.29 is 4.79 Å². The van der Waals surface area contributed by atoms with Crippen molar-refractivity contribution in [2.75, 3.05) is 13.1 Å². The molecule has 1 fully saturated rings. The fourth-order valence-electron chi connectivity index (χ4n) is 1.44. The Balaban J connectivity index is 0.00000196. The molecular weight excluding hydrogens is 212 g/mol. The summed E-state index contributed by atoms with van der Waals surface area (Å²) in [6.45, 7) is 10.2. The molecule has 1 aliphatic rings. The predicted molar refractivity (Wildman–Crippen MR) is 65.3 cm³/mol. The van der Waals surface area contributed by atoms with Crippen molar-refractivity contribution in [1.82, 2.24) is 10.6 Å². The van der Waals surface area contributed by atoms with Crippen molar-refractivity contribution >= 4 is 18.3 Å². The molecule has 90 valence electrons. The lowest BCUT2D eigenvalue weighted by Gasteiger charge is -2.31. The van der Waals surface area contributed by atoms with Gasteiger partial charge in [-0.3, -0.25) is 4.79 Å². The lowest BCUT2D eigenvalue weighted by Crippen LogP contribution is -2.49. The molecule has 1 rings (SSSR count). The quantitative estimate of drug-likeness (QED) is 0.779. The highest BCUT2D eigenvalue weighted by Crippen LogP contribution is 2.17. The van der Waals surface area contributed by atoms with Crippen LogP contribution < -0.4 is 10.6 Å². The van der Waals surface area contributed by atoms with Crippen LogP contribution in [0.4, 0.5) is 0 Å². The SMILES string of the molecule is CC(C)C(C)(C)NC(=O)[C@H]1CCNC1.Cl. The van der Waals surface area contributed by atoms with Gasteiger partial charge < -0.3 is 10.6 Å². The van der Waals surface area contributed by atoms with E-state index >= 15 is 0 Å². The van der Waals surface area contributed by atoms with Gasteiger partial charge in [-0.25, -0.2) is 0 Å². The van der Waals surface area contributed by atoms with E-state index in [1.165, 1.54) is 0 Å². The number of rotatable bonds is 3. The van der Waals surface area contributed by atoms with Crippen LogP contribution in [0.3, 0.4) is 0 Å². The lowest BCUT2D eigenvalue weighted by molar-refractivity contribution is -0.126. The van der Waals surface area contributed by atoms with E-state index in [1.54, 1.807) is 0 Å².